The van der Waals surface area contributed by atoms with Gasteiger partial charge in [0.25, 0.3) is 5.91 Å². The van der Waals surface area contributed by atoms with Gasteiger partial charge < -0.3 is 9.42 Å². The highest BCUT2D eigenvalue weighted by Crippen LogP contribution is 2.25. The first-order chi connectivity index (χ1) is 13.5. The predicted molar refractivity (Wildman–Crippen MR) is 103 cm³/mol. The van der Waals surface area contributed by atoms with Gasteiger partial charge in [0, 0.05) is 37.7 Å². The zero-order valence-electron chi connectivity index (χ0n) is 16.0. The number of hydrogen-bond acceptors (Lipinski definition) is 6. The standard InChI is InChI=1S/C20H20N6O2/c1-4-18-23-19(28-24-18)12-25(2)20(27)15-9-17(13-10-21-26(3)11-13)22-16-8-6-5-7-14(15)16/h5-11H,4,12H2,1-3H3. The normalized spacial score (nSPS) is 11.1. The van der Waals surface area contributed by atoms with Crippen LogP contribution in [0.2, 0.25) is 0 Å². The van der Waals surface area contributed by atoms with E-state index in [9.17, 15) is 4.79 Å². The summed E-state index contributed by atoms with van der Waals surface area (Å²) in [6.07, 6.45) is 4.30. The highest BCUT2D eigenvalue weighted by atomic mass is 16.5. The number of carbonyl (C=O) groups is 1. The minimum absolute atomic E-state index is 0.139. The summed E-state index contributed by atoms with van der Waals surface area (Å²) in [7, 11) is 3.57. The molecule has 0 atom stereocenters. The van der Waals surface area contributed by atoms with Gasteiger partial charge in [-0.05, 0) is 12.1 Å². The van der Waals surface area contributed by atoms with Crippen LogP contribution in [0.25, 0.3) is 22.2 Å². The second kappa shape index (κ2) is 7.22. The largest absolute Gasteiger partial charge is 0.337 e. The molecule has 3 heterocycles. The fourth-order valence-corrected chi connectivity index (χ4v) is 3.03. The Morgan fingerprint density at radius 2 is 2.07 bits per heavy atom. The summed E-state index contributed by atoms with van der Waals surface area (Å²) >= 11 is 0. The van der Waals surface area contributed by atoms with Crippen molar-refractivity contribution in [1.82, 2.24) is 29.8 Å². The highest BCUT2D eigenvalue weighted by Gasteiger charge is 2.20. The lowest BCUT2D eigenvalue weighted by molar-refractivity contribution is 0.0771. The Bertz CT molecular complexity index is 1150. The molecule has 0 bridgehead atoms. The molecule has 0 N–H and O–H groups in total. The summed E-state index contributed by atoms with van der Waals surface area (Å²) < 4.78 is 6.93. The SMILES string of the molecule is CCc1noc(CN(C)C(=O)c2cc(-c3cnn(C)c3)nc3ccccc23)n1. The first kappa shape index (κ1) is 17.8. The van der Waals surface area contributed by atoms with E-state index in [4.69, 9.17) is 9.51 Å². The van der Waals surface area contributed by atoms with E-state index in [-0.39, 0.29) is 12.5 Å². The van der Waals surface area contributed by atoms with Gasteiger partial charge in [-0.1, -0.05) is 30.3 Å². The molecule has 142 valence electrons. The van der Waals surface area contributed by atoms with Gasteiger partial charge in [-0.25, -0.2) is 4.98 Å². The molecule has 0 aliphatic carbocycles. The van der Waals surface area contributed by atoms with Gasteiger partial charge in [0.2, 0.25) is 5.89 Å². The van der Waals surface area contributed by atoms with Crippen LogP contribution in [-0.4, -0.2) is 42.8 Å². The molecule has 0 saturated carbocycles. The Kier molecular flexibility index (Phi) is 4.60. The summed E-state index contributed by atoms with van der Waals surface area (Å²) in [6.45, 7) is 2.19. The molecule has 1 aromatic carbocycles. The number of carbonyl (C=O) groups excluding carboxylic acids is 1. The topological polar surface area (TPSA) is 89.9 Å². The number of amides is 1. The fraction of sp³-hybridized carbons (Fsp3) is 0.250. The van der Waals surface area contributed by atoms with E-state index in [0.29, 0.717) is 29.4 Å². The Morgan fingerprint density at radius 1 is 1.25 bits per heavy atom. The van der Waals surface area contributed by atoms with Crippen molar-refractivity contribution in [1.29, 1.82) is 0 Å². The third-order valence-electron chi connectivity index (χ3n) is 4.49. The summed E-state index contributed by atoms with van der Waals surface area (Å²) in [4.78, 5) is 23.8. The van der Waals surface area contributed by atoms with Crippen LogP contribution < -0.4 is 0 Å². The summed E-state index contributed by atoms with van der Waals surface area (Å²) in [5, 5.41) is 8.88. The number of nitrogens with zero attached hydrogens (tertiary/aromatic N) is 6. The van der Waals surface area contributed by atoms with E-state index in [1.807, 2.05) is 50.5 Å². The van der Waals surface area contributed by atoms with Crippen LogP contribution in [-0.2, 0) is 20.0 Å². The second-order valence-electron chi connectivity index (χ2n) is 6.59. The number of aromatic nitrogens is 5. The number of pyridine rings is 1. The average Bonchev–Trinajstić information content (AvgIpc) is 3.35. The van der Waals surface area contributed by atoms with Crippen molar-refractivity contribution in [3.05, 3.63) is 60.0 Å². The number of para-hydroxylation sites is 1. The molecule has 4 aromatic rings. The molecule has 0 unspecified atom stereocenters. The van der Waals surface area contributed by atoms with Gasteiger partial charge in [-0.3, -0.25) is 9.48 Å². The van der Waals surface area contributed by atoms with Crippen LogP contribution >= 0.6 is 0 Å². The highest BCUT2D eigenvalue weighted by molar-refractivity contribution is 6.07. The molecule has 1 amide bonds. The molecule has 0 aliphatic rings. The Morgan fingerprint density at radius 3 is 2.79 bits per heavy atom. The number of fused-ring (bicyclic) bond motifs is 1. The lowest BCUT2D eigenvalue weighted by atomic mass is 10.0. The van der Waals surface area contributed by atoms with Gasteiger partial charge in [0.1, 0.15) is 0 Å². The monoisotopic (exact) mass is 376 g/mol. The first-order valence-electron chi connectivity index (χ1n) is 9.01. The van der Waals surface area contributed by atoms with E-state index in [0.717, 1.165) is 16.5 Å². The molecule has 0 spiro atoms. The molecule has 0 saturated heterocycles. The molecule has 4 rings (SSSR count). The third-order valence-corrected chi connectivity index (χ3v) is 4.49. The molecule has 28 heavy (non-hydrogen) atoms. The number of rotatable bonds is 5. The van der Waals surface area contributed by atoms with E-state index >= 15 is 0 Å². The molecule has 0 aliphatic heterocycles. The smallest absolute Gasteiger partial charge is 0.254 e. The van der Waals surface area contributed by atoms with Gasteiger partial charge >= 0.3 is 0 Å². The summed E-state index contributed by atoms with van der Waals surface area (Å²) in [6, 6.07) is 9.42. The number of hydrogen-bond donors (Lipinski definition) is 0. The summed E-state index contributed by atoms with van der Waals surface area (Å²) in [5.74, 6) is 0.905. The first-order valence-corrected chi connectivity index (χ1v) is 9.01. The van der Waals surface area contributed by atoms with Crippen molar-refractivity contribution in [3.63, 3.8) is 0 Å². The minimum Gasteiger partial charge on any atom is -0.337 e. The summed E-state index contributed by atoms with van der Waals surface area (Å²) in [5.41, 5.74) is 2.89. The van der Waals surface area contributed by atoms with Crippen LogP contribution in [0.4, 0.5) is 0 Å². The van der Waals surface area contributed by atoms with Crippen molar-refractivity contribution in [2.24, 2.45) is 7.05 Å². The molecular weight excluding hydrogens is 356 g/mol. The molecule has 3 aromatic heterocycles. The molecule has 8 heteroatoms. The maximum Gasteiger partial charge on any atom is 0.254 e. The third kappa shape index (κ3) is 3.36. The molecular formula is C20H20N6O2. The molecule has 0 radical (unpaired) electrons. The van der Waals surface area contributed by atoms with Gasteiger partial charge in [-0.2, -0.15) is 10.1 Å². The fourth-order valence-electron chi connectivity index (χ4n) is 3.03. The van der Waals surface area contributed by atoms with Crippen LogP contribution in [0, 0.1) is 0 Å². The lowest BCUT2D eigenvalue weighted by Crippen LogP contribution is -2.26. The quantitative estimate of drug-likeness (QED) is 0.532. The van der Waals surface area contributed by atoms with E-state index in [2.05, 4.69) is 15.2 Å². The maximum absolute atomic E-state index is 13.2. The van der Waals surface area contributed by atoms with Crippen LogP contribution in [0.15, 0.2) is 47.2 Å². The van der Waals surface area contributed by atoms with Crippen LogP contribution in [0.5, 0.6) is 0 Å². The van der Waals surface area contributed by atoms with Crippen molar-refractivity contribution in [2.45, 2.75) is 19.9 Å². The van der Waals surface area contributed by atoms with Crippen molar-refractivity contribution >= 4 is 16.8 Å². The van der Waals surface area contributed by atoms with E-state index in [1.54, 1.807) is 22.8 Å². The molecule has 0 fully saturated rings. The number of aryl methyl sites for hydroxylation is 2. The Balaban J connectivity index is 1.72. The Labute approximate surface area is 161 Å². The van der Waals surface area contributed by atoms with Crippen molar-refractivity contribution in [2.75, 3.05) is 7.05 Å². The number of benzene rings is 1. The lowest BCUT2D eigenvalue weighted by Gasteiger charge is -2.17. The van der Waals surface area contributed by atoms with Crippen LogP contribution in [0.1, 0.15) is 29.0 Å². The van der Waals surface area contributed by atoms with Crippen molar-refractivity contribution in [3.8, 4) is 11.3 Å². The molecule has 8 nitrogen and oxygen atoms in total. The average molecular weight is 376 g/mol. The van der Waals surface area contributed by atoms with Crippen molar-refractivity contribution < 1.29 is 9.32 Å². The maximum atomic E-state index is 13.2. The Hall–Kier alpha value is -3.55. The second-order valence-corrected chi connectivity index (χ2v) is 6.59. The van der Waals surface area contributed by atoms with E-state index < -0.39 is 0 Å². The van der Waals surface area contributed by atoms with Gasteiger partial charge in [0.05, 0.1) is 29.5 Å². The zero-order chi connectivity index (χ0) is 19.7. The minimum atomic E-state index is -0.139. The van der Waals surface area contributed by atoms with Gasteiger partial charge in [-0.15, -0.1) is 0 Å². The van der Waals surface area contributed by atoms with E-state index in [1.165, 1.54) is 0 Å². The predicted octanol–water partition coefficient (Wildman–Crippen LogP) is 2.85. The van der Waals surface area contributed by atoms with Crippen LogP contribution in [0.3, 0.4) is 0 Å². The zero-order valence-corrected chi connectivity index (χ0v) is 16.0. The van der Waals surface area contributed by atoms with Gasteiger partial charge in [0.15, 0.2) is 5.82 Å².